The highest BCUT2D eigenvalue weighted by Gasteiger charge is 2.13. The van der Waals surface area contributed by atoms with Gasteiger partial charge in [-0.2, -0.15) is 0 Å². The molecule has 0 unspecified atom stereocenters. The van der Waals surface area contributed by atoms with Gasteiger partial charge in [-0.15, -0.1) is 24.0 Å². The molecule has 1 aliphatic heterocycles. The zero-order valence-corrected chi connectivity index (χ0v) is 20.0. The third-order valence-corrected chi connectivity index (χ3v) is 4.50. The predicted molar refractivity (Wildman–Crippen MR) is 128 cm³/mol. The van der Waals surface area contributed by atoms with E-state index in [1.165, 1.54) is 11.6 Å². The lowest BCUT2D eigenvalue weighted by Gasteiger charge is -2.13. The summed E-state index contributed by atoms with van der Waals surface area (Å²) < 4.78 is 24.7. The van der Waals surface area contributed by atoms with Crippen LogP contribution in [0, 0.1) is 5.82 Å². The molecule has 0 amide bonds. The number of halogens is 2. The third kappa shape index (κ3) is 7.02. The molecule has 8 heteroatoms. The summed E-state index contributed by atoms with van der Waals surface area (Å²) >= 11 is 0. The van der Waals surface area contributed by atoms with Crippen LogP contribution < -0.4 is 20.1 Å². The number of ether oxygens (including phenoxy) is 2. The molecule has 2 N–H and O–H groups in total. The second kappa shape index (κ2) is 11.9. The van der Waals surface area contributed by atoms with Gasteiger partial charge in [-0.1, -0.05) is 12.1 Å². The fourth-order valence-corrected chi connectivity index (χ4v) is 3.12. The Morgan fingerprint density at radius 2 is 1.83 bits per heavy atom. The van der Waals surface area contributed by atoms with Crippen LogP contribution in [0.2, 0.25) is 0 Å². The van der Waals surface area contributed by atoms with E-state index in [0.29, 0.717) is 18.7 Å². The Balaban J connectivity index is 0.00000320. The first-order valence-corrected chi connectivity index (χ1v) is 9.88. The van der Waals surface area contributed by atoms with E-state index < -0.39 is 0 Å². The summed E-state index contributed by atoms with van der Waals surface area (Å²) in [7, 11) is 3.86. The predicted octanol–water partition coefficient (Wildman–Crippen LogP) is 3.53. The van der Waals surface area contributed by atoms with Crippen LogP contribution in [-0.2, 0) is 19.5 Å². The van der Waals surface area contributed by atoms with Crippen molar-refractivity contribution in [3.05, 3.63) is 58.9 Å². The second-order valence-electron chi connectivity index (χ2n) is 7.22. The lowest BCUT2D eigenvalue weighted by molar-refractivity contribution is 0.174. The maximum atomic E-state index is 14.0. The first-order chi connectivity index (χ1) is 14.0. The minimum Gasteiger partial charge on any atom is -0.454 e. The van der Waals surface area contributed by atoms with Crippen LogP contribution in [0.25, 0.3) is 0 Å². The number of aliphatic imine (C=N–C) groups is 1. The van der Waals surface area contributed by atoms with Crippen LogP contribution in [0.1, 0.15) is 23.6 Å². The monoisotopic (exact) mass is 528 g/mol. The molecule has 0 fully saturated rings. The van der Waals surface area contributed by atoms with Crippen molar-refractivity contribution in [1.82, 2.24) is 15.5 Å². The fourth-order valence-electron chi connectivity index (χ4n) is 3.12. The van der Waals surface area contributed by atoms with Gasteiger partial charge in [0.05, 0.1) is 6.54 Å². The molecule has 0 saturated heterocycles. The van der Waals surface area contributed by atoms with Crippen LogP contribution in [0.15, 0.2) is 41.4 Å². The summed E-state index contributed by atoms with van der Waals surface area (Å²) in [6.07, 6.45) is 0.838. The van der Waals surface area contributed by atoms with Crippen LogP contribution in [-0.4, -0.2) is 44.8 Å². The van der Waals surface area contributed by atoms with Gasteiger partial charge >= 0.3 is 0 Å². The van der Waals surface area contributed by atoms with E-state index in [1.54, 1.807) is 6.07 Å². The van der Waals surface area contributed by atoms with Crippen LogP contribution >= 0.6 is 24.0 Å². The highest BCUT2D eigenvalue weighted by molar-refractivity contribution is 14.0. The first-order valence-electron chi connectivity index (χ1n) is 9.88. The maximum absolute atomic E-state index is 14.0. The third-order valence-electron chi connectivity index (χ3n) is 4.50. The Labute approximate surface area is 194 Å². The van der Waals surface area contributed by atoms with Gasteiger partial charge in [0.2, 0.25) is 6.79 Å². The standard InChI is InChI=1S/C22H29FN4O2.HI/c1-4-24-22(25-10-9-16-6-8-20-21(12-16)29-15-28-20)26-13-17-5-7-19(23)18(11-17)14-27(2)3;/h5-8,11-12H,4,9-10,13-15H2,1-3H3,(H2,24,25,26);1H. The topological polar surface area (TPSA) is 58.1 Å². The quantitative estimate of drug-likeness (QED) is 0.312. The second-order valence-corrected chi connectivity index (χ2v) is 7.22. The van der Waals surface area contributed by atoms with E-state index in [9.17, 15) is 4.39 Å². The molecule has 164 valence electrons. The van der Waals surface area contributed by atoms with Crippen molar-refractivity contribution in [3.63, 3.8) is 0 Å². The highest BCUT2D eigenvalue weighted by atomic mass is 127. The summed E-state index contributed by atoms with van der Waals surface area (Å²) in [6, 6.07) is 11.2. The molecule has 2 aromatic rings. The minimum atomic E-state index is -0.180. The molecule has 0 saturated carbocycles. The van der Waals surface area contributed by atoms with Crippen molar-refractivity contribution in [1.29, 1.82) is 0 Å². The average Bonchev–Trinajstić information content (AvgIpc) is 3.16. The maximum Gasteiger partial charge on any atom is 0.231 e. The van der Waals surface area contributed by atoms with E-state index in [0.717, 1.165) is 42.5 Å². The van der Waals surface area contributed by atoms with Crippen molar-refractivity contribution in [2.45, 2.75) is 26.4 Å². The van der Waals surface area contributed by atoms with E-state index in [2.05, 4.69) is 15.6 Å². The molecule has 0 radical (unpaired) electrons. The Morgan fingerprint density at radius 1 is 1.07 bits per heavy atom. The number of fused-ring (bicyclic) bond motifs is 1. The lowest BCUT2D eigenvalue weighted by atomic mass is 10.1. The largest absolute Gasteiger partial charge is 0.454 e. The van der Waals surface area contributed by atoms with Gasteiger partial charge in [-0.3, -0.25) is 0 Å². The van der Waals surface area contributed by atoms with Gasteiger partial charge in [0, 0.05) is 25.2 Å². The SMILES string of the molecule is CCNC(=NCc1ccc(F)c(CN(C)C)c1)NCCc1ccc2c(c1)OCO2.I. The van der Waals surface area contributed by atoms with Crippen molar-refractivity contribution >= 4 is 29.9 Å². The number of benzene rings is 2. The van der Waals surface area contributed by atoms with Gasteiger partial charge in [-0.05, 0) is 62.8 Å². The average molecular weight is 528 g/mol. The number of nitrogens with one attached hydrogen (secondary N) is 2. The van der Waals surface area contributed by atoms with Gasteiger partial charge in [0.1, 0.15) is 5.82 Å². The van der Waals surface area contributed by atoms with E-state index in [-0.39, 0.29) is 36.6 Å². The lowest BCUT2D eigenvalue weighted by Crippen LogP contribution is -2.38. The van der Waals surface area contributed by atoms with Gasteiger partial charge < -0.3 is 25.0 Å². The molecule has 6 nitrogen and oxygen atoms in total. The molecule has 0 spiro atoms. The van der Waals surface area contributed by atoms with E-state index in [4.69, 9.17) is 9.47 Å². The zero-order chi connectivity index (χ0) is 20.6. The summed E-state index contributed by atoms with van der Waals surface area (Å²) in [4.78, 5) is 6.59. The van der Waals surface area contributed by atoms with Gasteiger partial charge in [-0.25, -0.2) is 9.38 Å². The number of nitrogens with zero attached hydrogens (tertiary/aromatic N) is 2. The van der Waals surface area contributed by atoms with Crippen molar-refractivity contribution in [2.24, 2.45) is 4.99 Å². The molecular weight excluding hydrogens is 498 g/mol. The van der Waals surface area contributed by atoms with Crippen molar-refractivity contribution in [3.8, 4) is 11.5 Å². The minimum absolute atomic E-state index is 0. The highest BCUT2D eigenvalue weighted by Crippen LogP contribution is 2.32. The molecule has 30 heavy (non-hydrogen) atoms. The molecule has 3 rings (SSSR count). The van der Waals surface area contributed by atoms with Crippen molar-refractivity contribution < 1.29 is 13.9 Å². The van der Waals surface area contributed by atoms with Crippen LogP contribution in [0.3, 0.4) is 0 Å². The summed E-state index contributed by atoms with van der Waals surface area (Å²) in [5.41, 5.74) is 2.84. The zero-order valence-electron chi connectivity index (χ0n) is 17.7. The Morgan fingerprint density at radius 3 is 2.60 bits per heavy atom. The smallest absolute Gasteiger partial charge is 0.231 e. The molecule has 2 aromatic carbocycles. The van der Waals surface area contributed by atoms with E-state index >= 15 is 0 Å². The van der Waals surface area contributed by atoms with Crippen LogP contribution in [0.4, 0.5) is 4.39 Å². The van der Waals surface area contributed by atoms with Gasteiger partial charge in [0.25, 0.3) is 0 Å². The molecule has 0 aromatic heterocycles. The van der Waals surface area contributed by atoms with Crippen LogP contribution in [0.5, 0.6) is 11.5 Å². The van der Waals surface area contributed by atoms with E-state index in [1.807, 2.05) is 50.2 Å². The molecule has 0 bridgehead atoms. The number of hydrogen-bond donors (Lipinski definition) is 2. The summed E-state index contributed by atoms with van der Waals surface area (Å²) in [6.45, 7) is 4.87. The molecule has 1 aliphatic rings. The normalized spacial score (nSPS) is 12.6. The number of rotatable bonds is 8. The number of hydrogen-bond acceptors (Lipinski definition) is 4. The molecule has 0 aliphatic carbocycles. The Kier molecular flexibility index (Phi) is 9.64. The summed E-state index contributed by atoms with van der Waals surface area (Å²) in [5, 5.41) is 6.60. The Bertz CT molecular complexity index is 861. The molecular formula is C22H30FIN4O2. The van der Waals surface area contributed by atoms with Gasteiger partial charge in [0.15, 0.2) is 17.5 Å². The first kappa shape index (κ1) is 24.2. The molecule has 0 atom stereocenters. The summed E-state index contributed by atoms with van der Waals surface area (Å²) in [5.74, 6) is 2.16. The molecule has 1 heterocycles. The fraction of sp³-hybridized carbons (Fsp3) is 0.409. The Hall–Kier alpha value is -2.07. The van der Waals surface area contributed by atoms with Crippen molar-refractivity contribution in [2.75, 3.05) is 34.0 Å². The number of guanidine groups is 1.